The maximum Gasteiger partial charge on any atom is 0 e. The van der Waals surface area contributed by atoms with Gasteiger partial charge in [0.15, 0.2) is 0 Å². The van der Waals surface area contributed by atoms with E-state index in [1.165, 1.54) is 0 Å². The molecule has 0 unspecified atom stereocenters. The van der Waals surface area contributed by atoms with Crippen molar-refractivity contribution in [2.24, 2.45) is 0 Å². The third-order valence-electron chi connectivity index (χ3n) is 0. The fraction of sp³-hybridized carbons (Fsp3) is 0.500. The Morgan fingerprint density at radius 3 is 1.57 bits per heavy atom. The quantitative estimate of drug-likeness (QED) is 0.453. The molecular formula is C6H15V-3. The van der Waals surface area contributed by atoms with Crippen molar-refractivity contribution in [3.63, 3.8) is 0 Å². The van der Waals surface area contributed by atoms with E-state index in [1.807, 2.05) is 20.3 Å². The molecule has 0 N–H and O–H groups in total. The van der Waals surface area contributed by atoms with E-state index < -0.39 is 0 Å². The minimum Gasteiger partial charge on any atom is -0.358 e. The Labute approximate surface area is 62.0 Å². The zero-order chi connectivity index (χ0) is 5.41. The third kappa shape index (κ3) is 405. The average Bonchev–Trinajstić information content (AvgIpc) is 1.39. The summed E-state index contributed by atoms with van der Waals surface area (Å²) in [6.07, 6.45) is 2.00. The van der Waals surface area contributed by atoms with Gasteiger partial charge in [-0.05, 0) is 1.37 Å². The summed E-state index contributed by atoms with van der Waals surface area (Å²) in [7, 11) is 0. The van der Waals surface area contributed by atoms with Crippen LogP contribution < -0.4 is 0 Å². The van der Waals surface area contributed by atoms with Crippen LogP contribution in [0.25, 0.3) is 0 Å². The van der Waals surface area contributed by atoms with Gasteiger partial charge in [0.05, 0.1) is 0 Å². The van der Waals surface area contributed by atoms with Gasteiger partial charge < -0.3 is 20.8 Å². The predicted molar refractivity (Wildman–Crippen MR) is 33.1 cm³/mol. The van der Waals surface area contributed by atoms with Crippen molar-refractivity contribution in [2.75, 3.05) is 0 Å². The van der Waals surface area contributed by atoms with Crippen LogP contribution >= 0.6 is 0 Å². The van der Waals surface area contributed by atoms with Gasteiger partial charge >= 0.3 is 0 Å². The monoisotopic (exact) mass is 140 g/mol. The topological polar surface area (TPSA) is 0 Å². The van der Waals surface area contributed by atoms with Crippen LogP contribution in [0.15, 0.2) is 0 Å². The molecule has 0 aliphatic heterocycles. The molecule has 0 spiro atoms. The van der Waals surface area contributed by atoms with E-state index in [4.69, 9.17) is 1.37 Å². The van der Waals surface area contributed by atoms with Gasteiger partial charge in [-0.3, -0.25) is 0 Å². The van der Waals surface area contributed by atoms with Gasteiger partial charge in [0.1, 0.15) is 0 Å². The second-order valence-corrected chi connectivity index (χ2v) is 0.577. The molecule has 47 valence electrons. The van der Waals surface area contributed by atoms with Crippen LogP contribution in [0, 0.1) is 20.8 Å². The first-order chi connectivity index (χ1) is 2.83. The van der Waals surface area contributed by atoms with E-state index in [2.05, 4.69) is 6.92 Å². The average molecular weight is 140 g/mol. The molecule has 0 amide bonds. The molecule has 0 aromatic carbocycles. The summed E-state index contributed by atoms with van der Waals surface area (Å²) in [5.41, 5.74) is 0. The molecular weight excluding hydrogens is 123 g/mol. The second-order valence-electron chi connectivity index (χ2n) is 0.577. The minimum absolute atomic E-state index is 0. The van der Waals surface area contributed by atoms with E-state index in [-0.39, 0.29) is 32.9 Å². The van der Waals surface area contributed by atoms with Crippen LogP contribution in [0.2, 0.25) is 0 Å². The van der Waals surface area contributed by atoms with E-state index in [0.717, 1.165) is 0 Å². The molecule has 0 aromatic rings. The first-order valence-corrected chi connectivity index (χ1v) is 1.65. The summed E-state index contributed by atoms with van der Waals surface area (Å²) in [6, 6.07) is 0. The van der Waals surface area contributed by atoms with Crippen molar-refractivity contribution in [1.82, 2.24) is 0 Å². The molecule has 0 atom stereocenters. The van der Waals surface area contributed by atoms with Gasteiger partial charge in [-0.15, -0.1) is 0 Å². The molecule has 0 heterocycles. The summed E-state index contributed by atoms with van der Waals surface area (Å²) in [6.45, 7) is 7.40. The Morgan fingerprint density at radius 2 is 1.57 bits per heavy atom. The van der Waals surface area contributed by atoms with Gasteiger partial charge in [0.25, 0.3) is 0 Å². The van der Waals surface area contributed by atoms with Crippen LogP contribution in [0.5, 0.6) is 0 Å². The van der Waals surface area contributed by atoms with Gasteiger partial charge in [0, 0.05) is 18.6 Å². The molecule has 7 heavy (non-hydrogen) atoms. The molecule has 1 heteroatoms. The maximum atomic E-state index is 6.10. The summed E-state index contributed by atoms with van der Waals surface area (Å²) in [5, 5.41) is 0. The first kappa shape index (κ1) is 15.6. The molecule has 1 radical (unpaired) electrons. The Morgan fingerprint density at radius 1 is 1.57 bits per heavy atom. The zero-order valence-corrected chi connectivity index (χ0v) is 6.84. The fourth-order valence-electron chi connectivity index (χ4n) is 0. The number of rotatable bonds is 0. The molecule has 0 aliphatic carbocycles. The van der Waals surface area contributed by atoms with Crippen LogP contribution in [-0.2, 0) is 18.6 Å². The maximum absolute atomic E-state index is 6.10. The van der Waals surface area contributed by atoms with Crippen molar-refractivity contribution in [1.29, 1.82) is 0 Å². The third-order valence-corrected chi connectivity index (χ3v) is 0. The SMILES string of the molecule is C[CH-]C.[3H]C[CH2-].[CH3-].[V]. The zero-order valence-electron chi connectivity index (χ0n) is 6.44. The molecule has 0 rings (SSSR count). The van der Waals surface area contributed by atoms with Gasteiger partial charge in [-0.1, -0.05) is 0 Å². The molecule has 0 saturated carbocycles. The van der Waals surface area contributed by atoms with Crippen LogP contribution in [0.1, 0.15) is 22.1 Å². The van der Waals surface area contributed by atoms with Crippen molar-refractivity contribution in [3.8, 4) is 0 Å². The van der Waals surface area contributed by atoms with Gasteiger partial charge in [0.2, 0.25) is 0 Å². The molecule has 0 saturated heterocycles. The minimum atomic E-state index is 0. The van der Waals surface area contributed by atoms with E-state index in [9.17, 15) is 0 Å². The molecule has 0 nitrogen and oxygen atoms in total. The Kier molecular flexibility index (Phi) is 183. The smallest absolute Gasteiger partial charge is 0 e. The van der Waals surface area contributed by atoms with Crippen LogP contribution in [-0.4, -0.2) is 0 Å². The van der Waals surface area contributed by atoms with E-state index in [1.54, 1.807) is 0 Å². The predicted octanol–water partition coefficient (Wildman–Crippen LogP) is 2.52. The number of hydrogen-bond acceptors (Lipinski definition) is 0. The largest absolute Gasteiger partial charge is 0.358 e. The Hall–Kier alpha value is 0.584. The van der Waals surface area contributed by atoms with E-state index in [0.29, 0.717) is 0 Å². The van der Waals surface area contributed by atoms with Crippen molar-refractivity contribution in [3.05, 3.63) is 20.8 Å². The molecule has 0 aromatic heterocycles. The van der Waals surface area contributed by atoms with Gasteiger partial charge in [-0.25, -0.2) is 0 Å². The summed E-state index contributed by atoms with van der Waals surface area (Å²) in [4.78, 5) is 0. The van der Waals surface area contributed by atoms with E-state index >= 15 is 0 Å². The Bertz CT molecular complexity index is 10.5. The fourth-order valence-corrected chi connectivity index (χ4v) is 0. The second kappa shape index (κ2) is 81.8. The standard InChI is InChI=1S/C3H7.C2H5.CH3.V/c1-3-2;1-2;;/h3H,1-2H3;1H2,2H3;1H3;/q3*-1;/i;2T;;. The summed E-state index contributed by atoms with van der Waals surface area (Å²) in [5.74, 6) is 0. The van der Waals surface area contributed by atoms with Crippen LogP contribution in [0.4, 0.5) is 0 Å². The van der Waals surface area contributed by atoms with Crippen molar-refractivity contribution >= 4 is 0 Å². The molecule has 0 aliphatic rings. The number of hydrogen-bond donors (Lipinski definition) is 0. The van der Waals surface area contributed by atoms with Crippen LogP contribution in [0.3, 0.4) is 0 Å². The van der Waals surface area contributed by atoms with Crippen molar-refractivity contribution < 1.29 is 19.9 Å². The Balaban J connectivity index is -0.0000000160. The first-order valence-electron chi connectivity index (χ1n) is 2.36. The summed E-state index contributed by atoms with van der Waals surface area (Å²) < 4.78 is 6.10. The summed E-state index contributed by atoms with van der Waals surface area (Å²) >= 11 is 0. The van der Waals surface area contributed by atoms with Gasteiger partial charge in [-0.2, -0.15) is 20.7 Å². The molecule has 0 fully saturated rings. The van der Waals surface area contributed by atoms with Crippen molar-refractivity contribution in [2.45, 2.75) is 20.7 Å². The normalized spacial score (nSPS) is 5.29. The molecule has 0 bridgehead atoms.